The number of nitrogens with one attached hydrogen (secondary N) is 3. The van der Waals surface area contributed by atoms with Gasteiger partial charge in [0.15, 0.2) is 0 Å². The largest absolute Gasteiger partial charge is 0.508 e. The van der Waals surface area contributed by atoms with Crippen molar-refractivity contribution in [3.05, 3.63) is 47.5 Å². The molecule has 0 saturated heterocycles. The molecule has 0 aliphatic carbocycles. The Morgan fingerprint density at radius 2 is 1.46 bits per heavy atom. The summed E-state index contributed by atoms with van der Waals surface area (Å²) in [5, 5.41) is 29.4. The summed E-state index contributed by atoms with van der Waals surface area (Å²) in [6, 6.07) is 6.94. The van der Waals surface area contributed by atoms with E-state index < -0.39 is 35.8 Å². The Hall–Kier alpha value is -3.67. The summed E-state index contributed by atoms with van der Waals surface area (Å²) in [6.45, 7) is 1.29. The minimum absolute atomic E-state index is 0.00839. The normalized spacial score (nSPS) is 19.8. The van der Waals surface area contributed by atoms with Crippen LogP contribution in [0.1, 0.15) is 43.2 Å². The van der Waals surface area contributed by atoms with E-state index in [-0.39, 0.29) is 30.8 Å². The van der Waals surface area contributed by atoms with Crippen molar-refractivity contribution < 1.29 is 24.6 Å². The van der Waals surface area contributed by atoms with Gasteiger partial charge in [-0.15, -0.1) is 0 Å². The smallest absolute Gasteiger partial charge is 0.243 e. The molecular formula is C28H40N6O5. The number of carbonyl (C=O) groups excluding carboxylic acids is 3. The molecule has 0 radical (unpaired) electrons. The van der Waals surface area contributed by atoms with Crippen LogP contribution >= 0.6 is 0 Å². The van der Waals surface area contributed by atoms with Gasteiger partial charge in [-0.2, -0.15) is 0 Å². The predicted octanol–water partition coefficient (Wildman–Crippen LogP) is 0.144. The number of rotatable bonds is 9. The summed E-state index contributed by atoms with van der Waals surface area (Å²) in [5.41, 5.74) is 19.7. The maximum Gasteiger partial charge on any atom is 0.243 e. The maximum absolute atomic E-state index is 13.4. The lowest BCUT2D eigenvalue weighted by atomic mass is 9.95. The first-order valence-corrected chi connectivity index (χ1v) is 13.4. The molecular weight excluding hydrogens is 500 g/mol. The average Bonchev–Trinajstić information content (AvgIpc) is 2.92. The van der Waals surface area contributed by atoms with E-state index in [0.29, 0.717) is 37.2 Å². The fourth-order valence-electron chi connectivity index (χ4n) is 4.54. The first-order chi connectivity index (χ1) is 18.7. The highest BCUT2D eigenvalue weighted by atomic mass is 16.3. The monoisotopic (exact) mass is 540 g/mol. The highest BCUT2D eigenvalue weighted by Crippen LogP contribution is 2.30. The summed E-state index contributed by atoms with van der Waals surface area (Å²) < 4.78 is 0. The van der Waals surface area contributed by atoms with Gasteiger partial charge in [0.25, 0.3) is 0 Å². The average molecular weight is 541 g/mol. The second kappa shape index (κ2) is 14.5. The van der Waals surface area contributed by atoms with Crippen LogP contribution in [0.15, 0.2) is 36.4 Å². The van der Waals surface area contributed by atoms with Crippen molar-refractivity contribution in [2.24, 2.45) is 17.2 Å². The third-order valence-corrected chi connectivity index (χ3v) is 6.84. The fraction of sp³-hybridized carbons (Fsp3) is 0.464. The van der Waals surface area contributed by atoms with Gasteiger partial charge in [-0.1, -0.05) is 18.6 Å². The van der Waals surface area contributed by atoms with Crippen molar-refractivity contribution in [2.75, 3.05) is 19.6 Å². The molecule has 39 heavy (non-hydrogen) atoms. The first-order valence-electron chi connectivity index (χ1n) is 13.4. The number of unbranched alkanes of at least 4 members (excludes halogenated alkanes) is 2. The van der Waals surface area contributed by atoms with Crippen molar-refractivity contribution in [2.45, 2.75) is 63.1 Å². The Morgan fingerprint density at radius 3 is 2.08 bits per heavy atom. The number of fused-ring (bicyclic) bond motifs is 5. The molecule has 0 fully saturated rings. The molecule has 212 valence electrons. The first kappa shape index (κ1) is 29.9. The van der Waals surface area contributed by atoms with E-state index in [1.54, 1.807) is 24.3 Å². The van der Waals surface area contributed by atoms with E-state index in [1.807, 2.05) is 0 Å². The van der Waals surface area contributed by atoms with Crippen LogP contribution < -0.4 is 33.2 Å². The Bertz CT molecular complexity index is 1160. The SMILES string of the molecule is NCCCCCNC(=O)C1Cc2cc(ccc2O)-c2ccc(O)c(c2)CC(N)C(=O)N[C@@H](CCCN)C(=O)N1. The van der Waals surface area contributed by atoms with Crippen LogP contribution in [0.2, 0.25) is 0 Å². The Kier molecular flexibility index (Phi) is 11.1. The fourth-order valence-corrected chi connectivity index (χ4v) is 4.54. The topological polar surface area (TPSA) is 206 Å². The third kappa shape index (κ3) is 8.41. The number of phenolic OH excluding ortho intramolecular Hbond substituents is 2. The van der Waals surface area contributed by atoms with Crippen molar-refractivity contribution >= 4 is 17.7 Å². The highest BCUT2D eigenvalue weighted by Gasteiger charge is 2.29. The van der Waals surface area contributed by atoms with Crippen molar-refractivity contribution in [3.63, 3.8) is 0 Å². The molecule has 2 unspecified atom stereocenters. The van der Waals surface area contributed by atoms with Gasteiger partial charge in [0.2, 0.25) is 17.7 Å². The number of benzene rings is 2. The maximum atomic E-state index is 13.4. The number of hydrogen-bond acceptors (Lipinski definition) is 8. The molecule has 11 heteroatoms. The lowest BCUT2D eigenvalue weighted by Gasteiger charge is -2.24. The second-order valence-corrected chi connectivity index (χ2v) is 9.90. The van der Waals surface area contributed by atoms with Gasteiger partial charge in [0, 0.05) is 19.4 Å². The Morgan fingerprint density at radius 1 is 0.846 bits per heavy atom. The summed E-state index contributed by atoms with van der Waals surface area (Å²) in [4.78, 5) is 39.5. The molecule has 0 saturated carbocycles. The van der Waals surface area contributed by atoms with Gasteiger partial charge in [-0.3, -0.25) is 14.4 Å². The van der Waals surface area contributed by atoms with Gasteiger partial charge in [0.05, 0.1) is 6.04 Å². The predicted molar refractivity (Wildman–Crippen MR) is 149 cm³/mol. The van der Waals surface area contributed by atoms with E-state index in [4.69, 9.17) is 17.2 Å². The van der Waals surface area contributed by atoms with Crippen molar-refractivity contribution in [1.29, 1.82) is 0 Å². The van der Waals surface area contributed by atoms with Gasteiger partial charge in [-0.25, -0.2) is 0 Å². The second-order valence-electron chi connectivity index (χ2n) is 9.90. The number of nitrogens with two attached hydrogens (primary N) is 3. The Labute approximate surface area is 228 Å². The zero-order chi connectivity index (χ0) is 28.4. The van der Waals surface area contributed by atoms with E-state index in [0.717, 1.165) is 30.4 Å². The van der Waals surface area contributed by atoms with Crippen LogP contribution in [0.25, 0.3) is 11.1 Å². The van der Waals surface area contributed by atoms with Crippen LogP contribution in [-0.2, 0) is 27.2 Å². The number of hydrogen-bond donors (Lipinski definition) is 8. The molecule has 11 nitrogen and oxygen atoms in total. The van der Waals surface area contributed by atoms with Crippen LogP contribution in [0, 0.1) is 0 Å². The number of aromatic hydroxyl groups is 2. The third-order valence-electron chi connectivity index (χ3n) is 6.84. The van der Waals surface area contributed by atoms with Gasteiger partial charge >= 0.3 is 0 Å². The summed E-state index contributed by atoms with van der Waals surface area (Å²) in [5.74, 6) is -1.55. The van der Waals surface area contributed by atoms with Gasteiger partial charge < -0.3 is 43.4 Å². The van der Waals surface area contributed by atoms with Crippen LogP contribution in [-0.4, -0.2) is 65.7 Å². The molecule has 11 N–H and O–H groups in total. The molecule has 1 aliphatic rings. The molecule has 3 rings (SSSR count). The van der Waals surface area contributed by atoms with E-state index in [2.05, 4.69) is 16.0 Å². The molecule has 3 amide bonds. The Balaban J connectivity index is 2.00. The number of amides is 3. The quantitative estimate of drug-likeness (QED) is 0.205. The van der Waals surface area contributed by atoms with E-state index in [9.17, 15) is 24.6 Å². The lowest BCUT2D eigenvalue weighted by molar-refractivity contribution is -0.132. The van der Waals surface area contributed by atoms with E-state index >= 15 is 0 Å². The van der Waals surface area contributed by atoms with Crippen LogP contribution in [0.3, 0.4) is 0 Å². The summed E-state index contributed by atoms with van der Waals surface area (Å²) in [6.07, 6.45) is 3.20. The molecule has 2 aromatic carbocycles. The number of phenols is 2. The molecule has 0 spiro atoms. The van der Waals surface area contributed by atoms with E-state index in [1.165, 1.54) is 12.1 Å². The van der Waals surface area contributed by atoms with Crippen LogP contribution in [0.5, 0.6) is 11.5 Å². The zero-order valence-corrected chi connectivity index (χ0v) is 22.1. The summed E-state index contributed by atoms with van der Waals surface area (Å²) >= 11 is 0. The molecule has 1 heterocycles. The minimum Gasteiger partial charge on any atom is -0.508 e. The molecule has 3 atom stereocenters. The lowest BCUT2D eigenvalue weighted by Crippen LogP contribution is -2.56. The molecule has 4 bridgehead atoms. The van der Waals surface area contributed by atoms with Crippen molar-refractivity contribution in [1.82, 2.24) is 16.0 Å². The number of carbonyl (C=O) groups is 3. The van der Waals surface area contributed by atoms with Crippen molar-refractivity contribution in [3.8, 4) is 22.6 Å². The molecule has 0 aromatic heterocycles. The zero-order valence-electron chi connectivity index (χ0n) is 22.1. The standard InChI is InChI=1S/C28H40N6O5/c29-10-2-1-3-12-32-27(38)23-16-20-14-18(7-9-25(20)36)17-6-8-24(35)19(13-17)15-21(31)26(37)33-22(5-4-11-30)28(39)34-23/h6-9,13-14,21-23,35-36H,1-5,10-12,15-16,29-31H2,(H,32,38)(H,33,37)(H,34,39)/t21?,22-,23?/m0/s1. The summed E-state index contributed by atoms with van der Waals surface area (Å²) in [7, 11) is 0. The minimum atomic E-state index is -1.03. The molecule has 1 aliphatic heterocycles. The van der Waals surface area contributed by atoms with Gasteiger partial charge in [0.1, 0.15) is 23.6 Å². The van der Waals surface area contributed by atoms with Crippen LogP contribution in [0.4, 0.5) is 0 Å². The molecule has 2 aromatic rings. The highest BCUT2D eigenvalue weighted by molar-refractivity contribution is 5.93. The van der Waals surface area contributed by atoms with Gasteiger partial charge in [-0.05, 0) is 85.3 Å².